The molecule has 2 rings (SSSR count). The van der Waals surface area contributed by atoms with Crippen LogP contribution in [0.3, 0.4) is 0 Å². The van der Waals surface area contributed by atoms with Gasteiger partial charge >= 0.3 is 0 Å². The number of carbonyl (C=O) groups is 1. The third-order valence-electron chi connectivity index (χ3n) is 3.12. The van der Waals surface area contributed by atoms with Crippen LogP contribution in [-0.4, -0.2) is 30.6 Å². The second kappa shape index (κ2) is 6.85. The van der Waals surface area contributed by atoms with Gasteiger partial charge in [-0.3, -0.25) is 4.79 Å². The van der Waals surface area contributed by atoms with Crippen LogP contribution < -0.4 is 5.32 Å². The van der Waals surface area contributed by atoms with E-state index in [2.05, 4.69) is 22.6 Å². The standard InChI is InChI=1S/C13H20N2O2S/c1-2-11-9-18-13(15-11)3-5-14-12(16)7-10-4-6-17-8-10/h9-10H,2-8H2,1H3,(H,14,16)/t10-/m1/s1. The van der Waals surface area contributed by atoms with Crippen LogP contribution in [0.5, 0.6) is 0 Å². The van der Waals surface area contributed by atoms with Crippen molar-refractivity contribution in [3.05, 3.63) is 16.1 Å². The molecule has 0 unspecified atom stereocenters. The number of aromatic nitrogens is 1. The second-order valence-electron chi connectivity index (χ2n) is 4.62. The summed E-state index contributed by atoms with van der Waals surface area (Å²) >= 11 is 1.68. The average Bonchev–Trinajstić information content (AvgIpc) is 3.00. The smallest absolute Gasteiger partial charge is 0.220 e. The summed E-state index contributed by atoms with van der Waals surface area (Å²) < 4.78 is 5.26. The fourth-order valence-corrected chi connectivity index (χ4v) is 2.89. The normalized spacial score (nSPS) is 19.1. The molecule has 4 nitrogen and oxygen atoms in total. The van der Waals surface area contributed by atoms with Crippen molar-refractivity contribution in [1.82, 2.24) is 10.3 Å². The molecule has 1 aromatic heterocycles. The molecule has 1 aliphatic heterocycles. The Bertz CT molecular complexity index is 386. The molecule has 0 saturated carbocycles. The number of rotatable bonds is 6. The summed E-state index contributed by atoms with van der Waals surface area (Å²) in [7, 11) is 0. The van der Waals surface area contributed by atoms with Gasteiger partial charge in [0, 0.05) is 38.0 Å². The van der Waals surface area contributed by atoms with Gasteiger partial charge in [0.25, 0.3) is 0 Å². The number of carbonyl (C=O) groups excluding carboxylic acids is 1. The number of ether oxygens (including phenoxy) is 1. The number of hydrogen-bond donors (Lipinski definition) is 1. The lowest BCUT2D eigenvalue weighted by Crippen LogP contribution is -2.27. The summed E-state index contributed by atoms with van der Waals surface area (Å²) in [5.74, 6) is 0.550. The van der Waals surface area contributed by atoms with Crippen molar-refractivity contribution in [3.8, 4) is 0 Å². The summed E-state index contributed by atoms with van der Waals surface area (Å²) in [6.07, 6.45) is 3.42. The predicted molar refractivity (Wildman–Crippen MR) is 71.7 cm³/mol. The van der Waals surface area contributed by atoms with Crippen molar-refractivity contribution < 1.29 is 9.53 Å². The number of amides is 1. The van der Waals surface area contributed by atoms with Crippen molar-refractivity contribution in [3.63, 3.8) is 0 Å². The molecular weight excluding hydrogens is 248 g/mol. The van der Waals surface area contributed by atoms with Gasteiger partial charge in [0.15, 0.2) is 0 Å². The van der Waals surface area contributed by atoms with Crippen molar-refractivity contribution in [2.24, 2.45) is 5.92 Å². The summed E-state index contributed by atoms with van der Waals surface area (Å²) in [4.78, 5) is 16.1. The molecule has 1 fully saturated rings. The van der Waals surface area contributed by atoms with Gasteiger partial charge in [-0.05, 0) is 18.8 Å². The molecule has 0 radical (unpaired) electrons. The Morgan fingerprint density at radius 3 is 3.22 bits per heavy atom. The lowest BCUT2D eigenvalue weighted by molar-refractivity contribution is -0.122. The zero-order chi connectivity index (χ0) is 12.8. The van der Waals surface area contributed by atoms with Crippen LogP contribution in [-0.2, 0) is 22.4 Å². The SMILES string of the molecule is CCc1csc(CCNC(=O)C[C@H]2CCOC2)n1. The van der Waals surface area contributed by atoms with Gasteiger partial charge in [-0.1, -0.05) is 6.92 Å². The third-order valence-corrected chi connectivity index (χ3v) is 4.08. The molecule has 1 aliphatic rings. The molecule has 1 saturated heterocycles. The van der Waals surface area contributed by atoms with Crippen LogP contribution >= 0.6 is 11.3 Å². The predicted octanol–water partition coefficient (Wildman–Crippen LogP) is 1.79. The lowest BCUT2D eigenvalue weighted by atomic mass is 10.1. The van der Waals surface area contributed by atoms with E-state index < -0.39 is 0 Å². The fourth-order valence-electron chi connectivity index (χ4n) is 2.01. The molecule has 5 heteroatoms. The first-order valence-corrected chi connectivity index (χ1v) is 7.43. The maximum absolute atomic E-state index is 11.7. The minimum atomic E-state index is 0.137. The second-order valence-corrected chi connectivity index (χ2v) is 5.56. The number of nitrogens with zero attached hydrogens (tertiary/aromatic N) is 1. The highest BCUT2D eigenvalue weighted by Crippen LogP contribution is 2.15. The van der Waals surface area contributed by atoms with E-state index in [9.17, 15) is 4.79 Å². The quantitative estimate of drug-likeness (QED) is 0.856. The van der Waals surface area contributed by atoms with E-state index in [1.807, 2.05) is 0 Å². The van der Waals surface area contributed by atoms with Gasteiger partial charge in [-0.15, -0.1) is 11.3 Å². The maximum atomic E-state index is 11.7. The van der Waals surface area contributed by atoms with E-state index >= 15 is 0 Å². The average molecular weight is 268 g/mol. The zero-order valence-electron chi connectivity index (χ0n) is 10.8. The molecule has 0 aliphatic carbocycles. The number of hydrogen-bond acceptors (Lipinski definition) is 4. The van der Waals surface area contributed by atoms with Gasteiger partial charge in [-0.2, -0.15) is 0 Å². The molecule has 0 aromatic carbocycles. The molecule has 1 amide bonds. The van der Waals surface area contributed by atoms with Gasteiger partial charge in [0.1, 0.15) is 0 Å². The Morgan fingerprint density at radius 1 is 1.67 bits per heavy atom. The monoisotopic (exact) mass is 268 g/mol. The Morgan fingerprint density at radius 2 is 2.56 bits per heavy atom. The van der Waals surface area contributed by atoms with Crippen LogP contribution in [0.15, 0.2) is 5.38 Å². The van der Waals surface area contributed by atoms with Gasteiger partial charge in [0.2, 0.25) is 5.91 Å². The zero-order valence-corrected chi connectivity index (χ0v) is 11.6. The number of nitrogens with one attached hydrogen (secondary N) is 1. The van der Waals surface area contributed by atoms with Crippen molar-refractivity contribution >= 4 is 17.2 Å². The highest BCUT2D eigenvalue weighted by Gasteiger charge is 2.18. The highest BCUT2D eigenvalue weighted by atomic mass is 32.1. The third kappa shape index (κ3) is 4.07. The largest absolute Gasteiger partial charge is 0.381 e. The van der Waals surface area contributed by atoms with E-state index in [1.165, 1.54) is 0 Å². The van der Waals surface area contributed by atoms with E-state index in [-0.39, 0.29) is 5.91 Å². The molecule has 2 heterocycles. The summed E-state index contributed by atoms with van der Waals surface area (Å²) in [5, 5.41) is 6.16. The maximum Gasteiger partial charge on any atom is 0.220 e. The van der Waals surface area contributed by atoms with Gasteiger partial charge in [0.05, 0.1) is 10.7 Å². The van der Waals surface area contributed by atoms with E-state index in [1.54, 1.807) is 11.3 Å². The van der Waals surface area contributed by atoms with Crippen LogP contribution in [0.25, 0.3) is 0 Å². The Balaban J connectivity index is 1.63. The van der Waals surface area contributed by atoms with Gasteiger partial charge in [-0.25, -0.2) is 4.98 Å². The van der Waals surface area contributed by atoms with Crippen molar-refractivity contribution in [2.45, 2.75) is 32.6 Å². The van der Waals surface area contributed by atoms with Crippen molar-refractivity contribution in [2.75, 3.05) is 19.8 Å². The van der Waals surface area contributed by atoms with Crippen LogP contribution in [0.2, 0.25) is 0 Å². The van der Waals surface area contributed by atoms with Crippen LogP contribution in [0.1, 0.15) is 30.5 Å². The topological polar surface area (TPSA) is 51.2 Å². The Hall–Kier alpha value is -0.940. The number of aryl methyl sites for hydroxylation is 1. The molecule has 100 valence electrons. The Kier molecular flexibility index (Phi) is 5.13. The first-order valence-electron chi connectivity index (χ1n) is 6.55. The molecule has 0 spiro atoms. The van der Waals surface area contributed by atoms with Crippen molar-refractivity contribution in [1.29, 1.82) is 0 Å². The molecular formula is C13H20N2O2S. The fraction of sp³-hybridized carbons (Fsp3) is 0.692. The number of thiazole rings is 1. The van der Waals surface area contributed by atoms with Crippen LogP contribution in [0.4, 0.5) is 0 Å². The molecule has 18 heavy (non-hydrogen) atoms. The van der Waals surface area contributed by atoms with E-state index in [4.69, 9.17) is 4.74 Å². The van der Waals surface area contributed by atoms with E-state index in [0.717, 1.165) is 43.2 Å². The summed E-state index contributed by atoms with van der Waals surface area (Å²) in [5.41, 5.74) is 1.14. The molecule has 1 N–H and O–H groups in total. The lowest BCUT2D eigenvalue weighted by Gasteiger charge is -2.07. The van der Waals surface area contributed by atoms with Crippen LogP contribution in [0, 0.1) is 5.92 Å². The highest BCUT2D eigenvalue weighted by molar-refractivity contribution is 7.09. The molecule has 0 bridgehead atoms. The first kappa shape index (κ1) is 13.5. The molecule has 1 atom stereocenters. The first-order chi connectivity index (χ1) is 8.78. The summed E-state index contributed by atoms with van der Waals surface area (Å²) in [6.45, 7) is 4.32. The minimum Gasteiger partial charge on any atom is -0.381 e. The molecule has 1 aromatic rings. The minimum absolute atomic E-state index is 0.137. The Labute approximate surface area is 112 Å². The van der Waals surface area contributed by atoms with E-state index in [0.29, 0.717) is 18.9 Å². The van der Waals surface area contributed by atoms with Gasteiger partial charge < -0.3 is 10.1 Å². The summed E-state index contributed by atoms with van der Waals surface area (Å²) in [6, 6.07) is 0.